The highest BCUT2D eigenvalue weighted by molar-refractivity contribution is 5.99. The number of ether oxygens (including phenoxy) is 2. The molecule has 1 aliphatic heterocycles. The quantitative estimate of drug-likeness (QED) is 0.349. The molecule has 0 N–H and O–H groups in total. The van der Waals surface area contributed by atoms with Crippen LogP contribution in [0.5, 0.6) is 0 Å². The molecule has 0 amide bonds. The van der Waals surface area contributed by atoms with Crippen LogP contribution >= 0.6 is 0 Å². The van der Waals surface area contributed by atoms with E-state index in [4.69, 9.17) is 14.5 Å². The summed E-state index contributed by atoms with van der Waals surface area (Å²) in [7, 11) is 0. The Balaban J connectivity index is 1.69. The molecule has 5 rings (SSSR count). The molecule has 35 heavy (non-hydrogen) atoms. The number of carbonyl (C=O) groups is 1. The minimum absolute atomic E-state index is 0.310. The normalized spacial score (nSPS) is 14.3. The number of aromatic nitrogens is 2. The van der Waals surface area contributed by atoms with E-state index >= 15 is 0 Å². The zero-order valence-corrected chi connectivity index (χ0v) is 20.4. The molecule has 3 aromatic carbocycles. The van der Waals surface area contributed by atoms with Crippen molar-refractivity contribution >= 4 is 16.7 Å². The molecule has 0 unspecified atom stereocenters. The zero-order valence-electron chi connectivity index (χ0n) is 20.4. The van der Waals surface area contributed by atoms with Gasteiger partial charge in [-0.05, 0) is 24.6 Å². The maximum absolute atomic E-state index is 13.4. The first-order chi connectivity index (χ1) is 17.2. The highest BCUT2D eigenvalue weighted by Gasteiger charge is 2.27. The van der Waals surface area contributed by atoms with Crippen LogP contribution in [-0.2, 0) is 16.0 Å². The number of fused-ring (bicyclic) bond motifs is 1. The van der Waals surface area contributed by atoms with Gasteiger partial charge in [-0.2, -0.15) is 0 Å². The molecular formula is C29H31N3O3. The van der Waals surface area contributed by atoms with Gasteiger partial charge in [0.25, 0.3) is 0 Å². The van der Waals surface area contributed by atoms with Gasteiger partial charge >= 0.3 is 5.97 Å². The third kappa shape index (κ3) is 4.85. The number of aryl methyl sites for hydroxylation is 1. The molecule has 1 aromatic heterocycles. The molecule has 0 radical (unpaired) electrons. The lowest BCUT2D eigenvalue weighted by Gasteiger charge is -2.27. The molecule has 1 aliphatic rings. The fraction of sp³-hybridized carbons (Fsp3) is 0.310. The van der Waals surface area contributed by atoms with Gasteiger partial charge < -0.3 is 14.0 Å². The minimum Gasteiger partial charge on any atom is -0.461 e. The van der Waals surface area contributed by atoms with Crippen LogP contribution < -0.4 is 0 Å². The van der Waals surface area contributed by atoms with E-state index in [0.717, 1.165) is 66.1 Å². The number of morpholine rings is 1. The van der Waals surface area contributed by atoms with Gasteiger partial charge in [-0.1, -0.05) is 72.3 Å². The Bertz CT molecular complexity index is 1320. The first kappa shape index (κ1) is 23.3. The van der Waals surface area contributed by atoms with Crippen molar-refractivity contribution in [3.63, 3.8) is 0 Å². The number of hydrogen-bond donors (Lipinski definition) is 0. The van der Waals surface area contributed by atoms with Crippen LogP contribution in [0, 0.1) is 6.92 Å². The van der Waals surface area contributed by atoms with Crippen LogP contribution in [0.15, 0.2) is 66.7 Å². The van der Waals surface area contributed by atoms with E-state index in [1.165, 1.54) is 0 Å². The predicted octanol–water partition coefficient (Wildman–Crippen LogP) is 5.19. The highest BCUT2D eigenvalue weighted by atomic mass is 16.5. The molecule has 0 saturated carbocycles. The van der Waals surface area contributed by atoms with Crippen LogP contribution in [-0.4, -0.2) is 59.9 Å². The van der Waals surface area contributed by atoms with Crippen LogP contribution in [0.1, 0.15) is 23.0 Å². The Morgan fingerprint density at radius 2 is 1.71 bits per heavy atom. The zero-order chi connectivity index (χ0) is 24.2. The smallest absolute Gasteiger partial charge is 0.357 e. The fourth-order valence-corrected chi connectivity index (χ4v) is 4.68. The van der Waals surface area contributed by atoms with Crippen molar-refractivity contribution in [2.75, 3.05) is 39.5 Å². The monoisotopic (exact) mass is 469 g/mol. The summed E-state index contributed by atoms with van der Waals surface area (Å²) < 4.78 is 13.1. The number of hydrogen-bond acceptors (Lipinski definition) is 5. The summed E-state index contributed by atoms with van der Waals surface area (Å²) in [5.74, 6) is 0.442. The highest BCUT2D eigenvalue weighted by Crippen LogP contribution is 2.34. The summed E-state index contributed by atoms with van der Waals surface area (Å²) in [5, 5.41) is 2.25. The lowest BCUT2D eigenvalue weighted by atomic mass is 10.0. The van der Waals surface area contributed by atoms with Gasteiger partial charge in [0.15, 0.2) is 5.69 Å². The van der Waals surface area contributed by atoms with Crippen LogP contribution in [0.25, 0.3) is 33.4 Å². The summed E-state index contributed by atoms with van der Waals surface area (Å²) in [4.78, 5) is 20.9. The van der Waals surface area contributed by atoms with Gasteiger partial charge in [-0.25, -0.2) is 9.78 Å². The lowest BCUT2D eigenvalue weighted by molar-refractivity contribution is 0.0358. The molecule has 1 saturated heterocycles. The molecule has 6 nitrogen and oxygen atoms in total. The maximum Gasteiger partial charge on any atom is 0.357 e. The van der Waals surface area contributed by atoms with Crippen LogP contribution in [0.3, 0.4) is 0 Å². The molecule has 0 spiro atoms. The minimum atomic E-state index is -0.343. The summed E-state index contributed by atoms with van der Waals surface area (Å²) >= 11 is 0. The van der Waals surface area contributed by atoms with Gasteiger partial charge in [-0.15, -0.1) is 0 Å². The number of carbonyl (C=O) groups excluding carboxylic acids is 1. The molecule has 6 heteroatoms. The van der Waals surface area contributed by atoms with Crippen LogP contribution in [0.4, 0.5) is 0 Å². The number of benzene rings is 3. The van der Waals surface area contributed by atoms with Crippen molar-refractivity contribution in [2.24, 2.45) is 0 Å². The molecule has 4 aromatic rings. The van der Waals surface area contributed by atoms with Crippen molar-refractivity contribution in [1.29, 1.82) is 0 Å². The summed E-state index contributed by atoms with van der Waals surface area (Å²) in [6.45, 7) is 8.88. The maximum atomic E-state index is 13.4. The van der Waals surface area contributed by atoms with E-state index in [9.17, 15) is 4.79 Å². The van der Waals surface area contributed by atoms with Gasteiger partial charge in [0, 0.05) is 37.3 Å². The van der Waals surface area contributed by atoms with Crippen LogP contribution in [0.2, 0.25) is 0 Å². The van der Waals surface area contributed by atoms with Crippen molar-refractivity contribution in [2.45, 2.75) is 20.4 Å². The van der Waals surface area contributed by atoms with Gasteiger partial charge in [0.05, 0.1) is 19.8 Å². The average molecular weight is 470 g/mol. The first-order valence-corrected chi connectivity index (χ1v) is 12.3. The van der Waals surface area contributed by atoms with Gasteiger partial charge in [-0.3, -0.25) is 4.90 Å². The van der Waals surface area contributed by atoms with E-state index in [0.29, 0.717) is 24.5 Å². The second-order valence-electron chi connectivity index (χ2n) is 8.85. The molecule has 0 aliphatic carbocycles. The number of nitrogens with zero attached hydrogens (tertiary/aromatic N) is 3. The topological polar surface area (TPSA) is 56.6 Å². The van der Waals surface area contributed by atoms with Crippen molar-refractivity contribution in [1.82, 2.24) is 14.5 Å². The van der Waals surface area contributed by atoms with E-state index in [1.807, 2.05) is 37.3 Å². The second kappa shape index (κ2) is 10.4. The van der Waals surface area contributed by atoms with Crippen molar-refractivity contribution in [3.05, 3.63) is 78.0 Å². The third-order valence-corrected chi connectivity index (χ3v) is 6.54. The molecule has 180 valence electrons. The Labute approximate surface area is 206 Å². The van der Waals surface area contributed by atoms with E-state index in [-0.39, 0.29) is 5.97 Å². The van der Waals surface area contributed by atoms with E-state index in [2.05, 4.69) is 52.8 Å². The van der Waals surface area contributed by atoms with Gasteiger partial charge in [0.1, 0.15) is 11.5 Å². The SMILES string of the molecule is CCOC(=O)c1c(-c2ccc(C)cc2)nc(-c2cccc3ccccc23)n1CCN1CCOCC1. The summed E-state index contributed by atoms with van der Waals surface area (Å²) in [6, 6.07) is 22.7. The number of imidazole rings is 1. The molecule has 0 bridgehead atoms. The third-order valence-electron chi connectivity index (χ3n) is 6.54. The Morgan fingerprint density at radius 3 is 2.49 bits per heavy atom. The fourth-order valence-electron chi connectivity index (χ4n) is 4.68. The summed E-state index contributed by atoms with van der Waals surface area (Å²) in [6.07, 6.45) is 0. The predicted molar refractivity (Wildman–Crippen MR) is 139 cm³/mol. The molecule has 1 fully saturated rings. The average Bonchev–Trinajstić information content (AvgIpc) is 3.27. The number of esters is 1. The Kier molecular flexibility index (Phi) is 6.93. The standard InChI is InChI=1S/C29H31N3O3/c1-3-35-29(33)27-26(23-13-11-21(2)12-14-23)30-28(32(27)16-15-31-17-19-34-20-18-31)25-10-6-8-22-7-4-5-9-24(22)25/h4-14H,3,15-20H2,1-2H3. The van der Waals surface area contributed by atoms with Crippen molar-refractivity contribution in [3.8, 4) is 22.6 Å². The summed E-state index contributed by atoms with van der Waals surface area (Å²) in [5.41, 5.74) is 4.24. The Hall–Kier alpha value is -3.48. The largest absolute Gasteiger partial charge is 0.461 e. The van der Waals surface area contributed by atoms with Gasteiger partial charge in [0.2, 0.25) is 0 Å². The molecular weight excluding hydrogens is 438 g/mol. The van der Waals surface area contributed by atoms with E-state index < -0.39 is 0 Å². The molecule has 0 atom stereocenters. The van der Waals surface area contributed by atoms with E-state index in [1.54, 1.807) is 0 Å². The number of rotatable bonds is 7. The first-order valence-electron chi connectivity index (χ1n) is 12.3. The molecule has 2 heterocycles. The second-order valence-corrected chi connectivity index (χ2v) is 8.85. The van der Waals surface area contributed by atoms with Crippen molar-refractivity contribution < 1.29 is 14.3 Å². The lowest BCUT2D eigenvalue weighted by Crippen LogP contribution is -2.38. The Morgan fingerprint density at radius 1 is 0.971 bits per heavy atom.